The van der Waals surface area contributed by atoms with Crippen LogP contribution in [0.3, 0.4) is 0 Å². The first-order valence-electron chi connectivity index (χ1n) is 6.68. The van der Waals surface area contributed by atoms with Crippen molar-refractivity contribution in [2.75, 3.05) is 26.9 Å². The minimum atomic E-state index is -0.577. The van der Waals surface area contributed by atoms with E-state index < -0.39 is 6.10 Å². The van der Waals surface area contributed by atoms with Gasteiger partial charge >= 0.3 is 0 Å². The number of methoxy groups -OCH3 is 1. The van der Waals surface area contributed by atoms with Gasteiger partial charge in [0.2, 0.25) is 0 Å². The van der Waals surface area contributed by atoms with Gasteiger partial charge in [-0.2, -0.15) is 0 Å². The number of fused-ring (bicyclic) bond motifs is 1. The molecule has 5 nitrogen and oxygen atoms in total. The van der Waals surface area contributed by atoms with Crippen molar-refractivity contribution in [2.24, 2.45) is 0 Å². The van der Waals surface area contributed by atoms with Gasteiger partial charge in [0.1, 0.15) is 12.4 Å². The molecule has 2 N–H and O–H groups in total. The van der Waals surface area contributed by atoms with E-state index in [0.717, 1.165) is 5.56 Å². The van der Waals surface area contributed by atoms with E-state index in [-0.39, 0.29) is 19.1 Å². The summed E-state index contributed by atoms with van der Waals surface area (Å²) >= 11 is 5.93. The number of halogens is 1. The summed E-state index contributed by atoms with van der Waals surface area (Å²) < 4.78 is 10.3. The summed E-state index contributed by atoms with van der Waals surface area (Å²) in [5.41, 5.74) is 1.32. The number of hydrogen-bond acceptors (Lipinski definition) is 4. The molecule has 1 amide bonds. The standard InChI is InChI=1S/C15H18ClNO4/c1-20-9-13(18)4-5-17-15(19)11-6-10-7-12(16)2-3-14(10)21-8-11/h2-3,6-7,13,18H,4-5,8-9H2,1H3,(H,17,19). The van der Waals surface area contributed by atoms with Crippen LogP contribution in [0.25, 0.3) is 6.08 Å². The maximum Gasteiger partial charge on any atom is 0.250 e. The van der Waals surface area contributed by atoms with Crippen molar-refractivity contribution >= 4 is 23.6 Å². The van der Waals surface area contributed by atoms with Gasteiger partial charge < -0.3 is 19.9 Å². The minimum absolute atomic E-state index is 0.203. The number of nitrogens with one attached hydrogen (secondary N) is 1. The van der Waals surface area contributed by atoms with Crippen LogP contribution in [-0.4, -0.2) is 44.0 Å². The molecule has 1 unspecified atom stereocenters. The molecule has 2 rings (SSSR count). The van der Waals surface area contributed by atoms with Crippen molar-refractivity contribution in [3.63, 3.8) is 0 Å². The number of rotatable bonds is 6. The van der Waals surface area contributed by atoms with Crippen LogP contribution in [0.2, 0.25) is 5.02 Å². The van der Waals surface area contributed by atoms with Crippen LogP contribution in [0.4, 0.5) is 0 Å². The number of ether oxygens (including phenoxy) is 2. The molecule has 0 spiro atoms. The second-order valence-corrected chi connectivity index (χ2v) is 5.23. The van der Waals surface area contributed by atoms with Crippen LogP contribution in [0.15, 0.2) is 23.8 Å². The zero-order valence-electron chi connectivity index (χ0n) is 11.8. The van der Waals surface area contributed by atoms with Gasteiger partial charge in [-0.3, -0.25) is 4.79 Å². The van der Waals surface area contributed by atoms with E-state index in [1.807, 2.05) is 0 Å². The van der Waals surface area contributed by atoms with Crippen LogP contribution >= 0.6 is 11.6 Å². The van der Waals surface area contributed by atoms with Gasteiger partial charge in [-0.05, 0) is 30.7 Å². The highest BCUT2D eigenvalue weighted by Gasteiger charge is 2.17. The monoisotopic (exact) mass is 311 g/mol. The van der Waals surface area contributed by atoms with E-state index in [1.54, 1.807) is 24.3 Å². The fourth-order valence-electron chi connectivity index (χ4n) is 2.02. The summed E-state index contributed by atoms with van der Waals surface area (Å²) in [4.78, 5) is 12.0. The lowest BCUT2D eigenvalue weighted by atomic mass is 10.1. The zero-order chi connectivity index (χ0) is 15.2. The molecule has 0 radical (unpaired) electrons. The molecule has 1 aliphatic heterocycles. The second-order valence-electron chi connectivity index (χ2n) is 4.79. The number of benzene rings is 1. The van der Waals surface area contributed by atoms with Crippen molar-refractivity contribution in [2.45, 2.75) is 12.5 Å². The summed E-state index contributed by atoms with van der Waals surface area (Å²) in [6.07, 6.45) is 1.63. The van der Waals surface area contributed by atoms with Gasteiger partial charge in [-0.1, -0.05) is 11.6 Å². The molecule has 0 fully saturated rings. The van der Waals surface area contributed by atoms with Crippen molar-refractivity contribution < 1.29 is 19.4 Å². The van der Waals surface area contributed by atoms with Gasteiger partial charge in [-0.25, -0.2) is 0 Å². The number of aliphatic hydroxyl groups excluding tert-OH is 1. The van der Waals surface area contributed by atoms with Crippen LogP contribution in [0.1, 0.15) is 12.0 Å². The largest absolute Gasteiger partial charge is 0.488 e. The lowest BCUT2D eigenvalue weighted by Crippen LogP contribution is -2.31. The molecule has 0 aliphatic carbocycles. The molecule has 1 heterocycles. The SMILES string of the molecule is COCC(O)CCNC(=O)C1=Cc2cc(Cl)ccc2OC1. The van der Waals surface area contributed by atoms with E-state index in [1.165, 1.54) is 7.11 Å². The van der Waals surface area contributed by atoms with Gasteiger partial charge in [0, 0.05) is 24.2 Å². The normalized spacial score (nSPS) is 14.7. The Hall–Kier alpha value is -1.56. The van der Waals surface area contributed by atoms with E-state index in [4.69, 9.17) is 21.1 Å². The summed E-state index contributed by atoms with van der Waals surface area (Å²) in [6.45, 7) is 0.859. The molecule has 0 saturated heterocycles. The Morgan fingerprint density at radius 2 is 2.38 bits per heavy atom. The van der Waals surface area contributed by atoms with Crippen molar-refractivity contribution in [3.8, 4) is 5.75 Å². The highest BCUT2D eigenvalue weighted by molar-refractivity contribution is 6.30. The summed E-state index contributed by atoms with van der Waals surface area (Å²) in [5.74, 6) is 0.511. The van der Waals surface area contributed by atoms with Crippen molar-refractivity contribution in [3.05, 3.63) is 34.4 Å². The Bertz CT molecular complexity index is 544. The number of carbonyl (C=O) groups excluding carboxylic acids is 1. The minimum Gasteiger partial charge on any atom is -0.488 e. The van der Waals surface area contributed by atoms with Gasteiger partial charge in [0.05, 0.1) is 18.3 Å². The van der Waals surface area contributed by atoms with Crippen molar-refractivity contribution in [1.29, 1.82) is 0 Å². The molecule has 6 heteroatoms. The Kier molecular flexibility index (Phi) is 5.61. The maximum absolute atomic E-state index is 12.0. The lowest BCUT2D eigenvalue weighted by Gasteiger charge is -2.18. The lowest BCUT2D eigenvalue weighted by molar-refractivity contribution is -0.117. The smallest absolute Gasteiger partial charge is 0.250 e. The second kappa shape index (κ2) is 7.45. The predicted molar refractivity (Wildman–Crippen MR) is 80.4 cm³/mol. The molecular formula is C15H18ClNO4. The third kappa shape index (κ3) is 4.46. The number of carbonyl (C=O) groups is 1. The molecule has 0 aromatic heterocycles. The van der Waals surface area contributed by atoms with Gasteiger partial charge in [0.25, 0.3) is 5.91 Å². The molecule has 1 aromatic rings. The Labute approximate surface area is 128 Å². The predicted octanol–water partition coefficient (Wildman–Crippen LogP) is 1.63. The Morgan fingerprint density at radius 1 is 1.57 bits per heavy atom. The summed E-state index contributed by atoms with van der Waals surface area (Å²) in [7, 11) is 1.52. The molecule has 0 saturated carbocycles. The summed E-state index contributed by atoms with van der Waals surface area (Å²) in [6, 6.07) is 5.28. The third-order valence-electron chi connectivity index (χ3n) is 3.10. The number of hydrogen-bond donors (Lipinski definition) is 2. The van der Waals surface area contributed by atoms with Crippen LogP contribution in [0, 0.1) is 0 Å². The van der Waals surface area contributed by atoms with Crippen molar-refractivity contribution in [1.82, 2.24) is 5.32 Å². The first-order valence-corrected chi connectivity index (χ1v) is 7.06. The molecule has 1 aliphatic rings. The fraction of sp³-hybridized carbons (Fsp3) is 0.400. The first kappa shape index (κ1) is 15.8. The maximum atomic E-state index is 12.0. The fourth-order valence-corrected chi connectivity index (χ4v) is 2.20. The molecule has 114 valence electrons. The quantitative estimate of drug-likeness (QED) is 0.838. The van der Waals surface area contributed by atoms with Gasteiger partial charge in [-0.15, -0.1) is 0 Å². The Balaban J connectivity index is 1.91. The number of aliphatic hydroxyl groups is 1. The van der Waals surface area contributed by atoms with E-state index in [0.29, 0.717) is 29.3 Å². The van der Waals surface area contributed by atoms with Crippen LogP contribution in [-0.2, 0) is 9.53 Å². The highest BCUT2D eigenvalue weighted by Crippen LogP contribution is 2.28. The molecule has 1 atom stereocenters. The van der Waals surface area contributed by atoms with Gasteiger partial charge in [0.15, 0.2) is 0 Å². The van der Waals surface area contributed by atoms with Crippen LogP contribution in [0.5, 0.6) is 5.75 Å². The van der Waals surface area contributed by atoms with E-state index >= 15 is 0 Å². The Morgan fingerprint density at radius 3 is 3.14 bits per heavy atom. The first-order chi connectivity index (χ1) is 10.1. The highest BCUT2D eigenvalue weighted by atomic mass is 35.5. The third-order valence-corrected chi connectivity index (χ3v) is 3.33. The molecule has 0 bridgehead atoms. The zero-order valence-corrected chi connectivity index (χ0v) is 12.5. The average molecular weight is 312 g/mol. The van der Waals surface area contributed by atoms with E-state index in [2.05, 4.69) is 5.32 Å². The molecule has 1 aromatic carbocycles. The van der Waals surface area contributed by atoms with Crippen LogP contribution < -0.4 is 10.1 Å². The molecule has 21 heavy (non-hydrogen) atoms. The molecular weight excluding hydrogens is 294 g/mol. The average Bonchev–Trinajstić information content (AvgIpc) is 2.46. The topological polar surface area (TPSA) is 67.8 Å². The number of amides is 1. The van der Waals surface area contributed by atoms with E-state index in [9.17, 15) is 9.90 Å². The summed E-state index contributed by atoms with van der Waals surface area (Å²) in [5, 5.41) is 12.8.